The molecule has 1 radical (unpaired) electrons. The molecule has 0 heterocycles. The molecule has 4 nitrogen and oxygen atoms in total. The number of carbonyl (C=O) groups is 2. The lowest BCUT2D eigenvalue weighted by atomic mass is 10.3. The highest BCUT2D eigenvalue weighted by molar-refractivity contribution is 7.81. The molecule has 0 aliphatic heterocycles. The Morgan fingerprint density at radius 2 is 1.89 bits per heavy atom. The van der Waals surface area contributed by atoms with Crippen LogP contribution in [0.3, 0.4) is 0 Å². The number of hydrogen-bond acceptors (Lipinski definition) is 2. The van der Waals surface area contributed by atoms with E-state index in [1.165, 1.54) is 0 Å². The van der Waals surface area contributed by atoms with Crippen LogP contribution >= 0.6 is 12.6 Å². The smallest absolute Gasteiger partial charge is 0.318 e. The molecule has 1 atom stereocenters. The van der Waals surface area contributed by atoms with Gasteiger partial charge in [0.05, 0.1) is 6.42 Å². The second-order valence-corrected chi connectivity index (χ2v) is 1.99. The predicted octanol–water partition coefficient (Wildman–Crippen LogP) is 0.112. The van der Waals surface area contributed by atoms with Gasteiger partial charge in [-0.05, 0) is 0 Å². The lowest BCUT2D eigenvalue weighted by molar-refractivity contribution is -0.142. The van der Waals surface area contributed by atoms with Crippen molar-refractivity contribution < 1.29 is 19.8 Å². The molecule has 0 saturated heterocycles. The van der Waals surface area contributed by atoms with Crippen molar-refractivity contribution >= 4 is 24.6 Å². The Morgan fingerprint density at radius 1 is 1.44 bits per heavy atom. The van der Waals surface area contributed by atoms with Gasteiger partial charge < -0.3 is 10.2 Å². The molecule has 0 amide bonds. The second kappa shape index (κ2) is 3.34. The molecule has 0 saturated carbocycles. The Hall–Kier alpha value is -0.710. The summed E-state index contributed by atoms with van der Waals surface area (Å²) in [6.45, 7) is 0. The molecule has 0 aliphatic carbocycles. The third-order valence-electron chi connectivity index (χ3n) is 0.635. The van der Waals surface area contributed by atoms with E-state index in [0.717, 1.165) is 0 Å². The molecule has 2 N–H and O–H groups in total. The Labute approximate surface area is 56.9 Å². The molecule has 0 aromatic rings. The standard InChI is InChI=1S/C4H5O4S/c5-3(6)1-2(9)4(7)8/h2H,1H2,(H,5,6)(H,7,8). The maximum atomic E-state index is 9.87. The second-order valence-electron chi connectivity index (χ2n) is 1.42. The van der Waals surface area contributed by atoms with E-state index in [-0.39, 0.29) is 0 Å². The zero-order valence-electron chi connectivity index (χ0n) is 4.40. The fourth-order valence-electron chi connectivity index (χ4n) is 0.246. The first-order chi connectivity index (χ1) is 4.04. The van der Waals surface area contributed by atoms with Gasteiger partial charge in [0, 0.05) is 0 Å². The van der Waals surface area contributed by atoms with Gasteiger partial charge in [-0.2, -0.15) is 0 Å². The van der Waals surface area contributed by atoms with Crippen molar-refractivity contribution in [2.24, 2.45) is 0 Å². The summed E-state index contributed by atoms with van der Waals surface area (Å²) in [5, 5.41) is 14.9. The molecule has 5 heteroatoms. The highest BCUT2D eigenvalue weighted by atomic mass is 32.1. The van der Waals surface area contributed by atoms with E-state index in [2.05, 4.69) is 12.6 Å². The average Bonchev–Trinajstić information content (AvgIpc) is 1.63. The summed E-state index contributed by atoms with van der Waals surface area (Å²) in [6, 6.07) is 0. The SMILES string of the molecule is O=C(O)CC([S])C(=O)O. The van der Waals surface area contributed by atoms with Crippen LogP contribution in [0.15, 0.2) is 0 Å². The molecule has 0 aliphatic rings. The van der Waals surface area contributed by atoms with E-state index in [1.54, 1.807) is 0 Å². The van der Waals surface area contributed by atoms with Crippen LogP contribution < -0.4 is 0 Å². The molecule has 0 spiro atoms. The maximum Gasteiger partial charge on any atom is 0.318 e. The highest BCUT2D eigenvalue weighted by Crippen LogP contribution is 1.99. The van der Waals surface area contributed by atoms with E-state index in [1.807, 2.05) is 0 Å². The lowest BCUT2D eigenvalue weighted by Gasteiger charge is -1.96. The first-order valence-corrected chi connectivity index (χ1v) is 2.61. The van der Waals surface area contributed by atoms with Crippen LogP contribution in [-0.4, -0.2) is 27.4 Å². The summed E-state index contributed by atoms with van der Waals surface area (Å²) in [4.78, 5) is 19.7. The van der Waals surface area contributed by atoms with Crippen LogP contribution in [0.25, 0.3) is 0 Å². The summed E-state index contributed by atoms with van der Waals surface area (Å²) in [5.41, 5.74) is 0. The van der Waals surface area contributed by atoms with Crippen molar-refractivity contribution in [1.82, 2.24) is 0 Å². The minimum Gasteiger partial charge on any atom is -0.481 e. The maximum absolute atomic E-state index is 9.87. The summed E-state index contributed by atoms with van der Waals surface area (Å²) < 4.78 is 0. The predicted molar refractivity (Wildman–Crippen MR) is 31.3 cm³/mol. The highest BCUT2D eigenvalue weighted by Gasteiger charge is 2.15. The number of hydrogen-bond donors (Lipinski definition) is 2. The van der Waals surface area contributed by atoms with Crippen molar-refractivity contribution in [3.8, 4) is 0 Å². The molecular weight excluding hydrogens is 144 g/mol. The van der Waals surface area contributed by atoms with Crippen LogP contribution in [0.4, 0.5) is 0 Å². The first-order valence-electron chi connectivity index (χ1n) is 2.14. The molecule has 9 heavy (non-hydrogen) atoms. The van der Waals surface area contributed by atoms with E-state index in [9.17, 15) is 9.59 Å². The molecule has 0 aromatic carbocycles. The lowest BCUT2D eigenvalue weighted by Crippen LogP contribution is -2.17. The molecule has 51 valence electrons. The van der Waals surface area contributed by atoms with E-state index in [4.69, 9.17) is 10.2 Å². The molecule has 0 aromatic heterocycles. The van der Waals surface area contributed by atoms with E-state index < -0.39 is 23.6 Å². The van der Waals surface area contributed by atoms with Gasteiger partial charge in [-0.3, -0.25) is 9.59 Å². The van der Waals surface area contributed by atoms with E-state index in [0.29, 0.717) is 0 Å². The van der Waals surface area contributed by atoms with Gasteiger partial charge in [0.15, 0.2) is 0 Å². The molecule has 0 bridgehead atoms. The normalized spacial score (nSPS) is 12.6. The van der Waals surface area contributed by atoms with Gasteiger partial charge in [0.25, 0.3) is 0 Å². The van der Waals surface area contributed by atoms with Gasteiger partial charge in [0.2, 0.25) is 0 Å². The van der Waals surface area contributed by atoms with Crippen molar-refractivity contribution in [3.63, 3.8) is 0 Å². The van der Waals surface area contributed by atoms with Crippen LogP contribution in [0.1, 0.15) is 6.42 Å². The number of carboxylic acid groups (broad SMARTS) is 2. The summed E-state index contributed by atoms with van der Waals surface area (Å²) in [7, 11) is 0. The van der Waals surface area contributed by atoms with Crippen LogP contribution in [-0.2, 0) is 9.59 Å². The molecular formula is C4H5O4S. The topological polar surface area (TPSA) is 74.6 Å². The third kappa shape index (κ3) is 3.84. The molecule has 1 unspecified atom stereocenters. The van der Waals surface area contributed by atoms with Crippen LogP contribution in [0.2, 0.25) is 0 Å². The third-order valence-corrected chi connectivity index (χ3v) is 1.00. The van der Waals surface area contributed by atoms with Crippen LogP contribution in [0.5, 0.6) is 0 Å². The largest absolute Gasteiger partial charge is 0.481 e. The number of carboxylic acids is 2. The quantitative estimate of drug-likeness (QED) is 0.597. The van der Waals surface area contributed by atoms with Crippen molar-refractivity contribution in [2.75, 3.05) is 0 Å². The first kappa shape index (κ1) is 8.29. The zero-order chi connectivity index (χ0) is 7.44. The van der Waals surface area contributed by atoms with Gasteiger partial charge in [-0.15, -0.1) is 0 Å². The minimum atomic E-state index is -1.26. The molecule has 0 fully saturated rings. The Kier molecular flexibility index (Phi) is 3.08. The van der Waals surface area contributed by atoms with Gasteiger partial charge in [-0.1, -0.05) is 12.6 Å². The number of rotatable bonds is 3. The fourth-order valence-corrected chi connectivity index (χ4v) is 0.388. The average molecular weight is 149 g/mol. The van der Waals surface area contributed by atoms with Crippen molar-refractivity contribution in [1.29, 1.82) is 0 Å². The molecule has 0 rings (SSSR count). The minimum absolute atomic E-state index is 0.495. The van der Waals surface area contributed by atoms with Gasteiger partial charge in [-0.25, -0.2) is 0 Å². The Bertz CT molecular complexity index is 133. The summed E-state index contributed by atoms with van der Waals surface area (Å²) in [6.07, 6.45) is -0.495. The Balaban J connectivity index is 3.63. The van der Waals surface area contributed by atoms with Gasteiger partial charge in [0.1, 0.15) is 5.25 Å². The number of aliphatic carboxylic acids is 2. The monoisotopic (exact) mass is 149 g/mol. The van der Waals surface area contributed by atoms with E-state index >= 15 is 0 Å². The van der Waals surface area contributed by atoms with Crippen LogP contribution in [0, 0.1) is 0 Å². The van der Waals surface area contributed by atoms with Gasteiger partial charge >= 0.3 is 11.9 Å². The summed E-state index contributed by atoms with van der Waals surface area (Å²) in [5.74, 6) is -2.44. The fraction of sp³-hybridized carbons (Fsp3) is 0.500. The zero-order valence-corrected chi connectivity index (χ0v) is 5.22. The Morgan fingerprint density at radius 3 is 2.00 bits per heavy atom. The summed E-state index contributed by atoms with van der Waals surface area (Å²) >= 11 is 4.26. The van der Waals surface area contributed by atoms with Crippen molar-refractivity contribution in [2.45, 2.75) is 11.7 Å². The van der Waals surface area contributed by atoms with Crippen molar-refractivity contribution in [3.05, 3.63) is 0 Å².